The third-order valence-corrected chi connectivity index (χ3v) is 9.31. The molecule has 0 spiro atoms. The number of rotatable bonds is 3. The lowest BCUT2D eigenvalue weighted by Crippen LogP contribution is -2.63. The van der Waals surface area contributed by atoms with Gasteiger partial charge >= 0.3 is 5.97 Å². The highest BCUT2D eigenvalue weighted by Crippen LogP contribution is 2.68. The Kier molecular flexibility index (Phi) is 5.23. The average molecular weight is 439 g/mol. The van der Waals surface area contributed by atoms with Crippen LogP contribution >= 0.6 is 11.6 Å². The normalized spacial score (nSPS) is 47.6. The molecule has 6 nitrogen and oxygen atoms in total. The summed E-state index contributed by atoms with van der Waals surface area (Å²) in [4.78, 5) is 36.1. The summed E-state index contributed by atoms with van der Waals surface area (Å²) < 4.78 is 4.88. The summed E-state index contributed by atoms with van der Waals surface area (Å²) in [5.74, 6) is -0.959. The Balaban J connectivity index is 1.69. The van der Waals surface area contributed by atoms with E-state index in [1.54, 1.807) is 6.08 Å². The summed E-state index contributed by atoms with van der Waals surface area (Å²) in [7, 11) is 0. The van der Waals surface area contributed by atoms with Crippen LogP contribution < -0.4 is 0 Å². The lowest BCUT2D eigenvalue weighted by molar-refractivity contribution is -0.184. The number of esters is 1. The SMILES string of the molecule is CC(=O)OCC(=O)[C@@]1(O)CCC2C3C[C@H](Cl)C4=CC(=O)CCC4(C)C3C(O)CC21C. The molecule has 7 heteroatoms. The van der Waals surface area contributed by atoms with Crippen molar-refractivity contribution in [3.63, 3.8) is 0 Å². The molecule has 0 aromatic carbocycles. The van der Waals surface area contributed by atoms with E-state index in [-0.39, 0.29) is 40.7 Å². The zero-order chi connectivity index (χ0) is 22.1. The van der Waals surface area contributed by atoms with Gasteiger partial charge in [-0.25, -0.2) is 0 Å². The second-order valence-corrected chi connectivity index (χ2v) is 10.8. The topological polar surface area (TPSA) is 101 Å². The number of carbonyl (C=O) groups excluding carboxylic acids is 3. The Morgan fingerprint density at radius 3 is 2.67 bits per heavy atom. The number of allylic oxidation sites excluding steroid dienone is 1. The molecule has 2 N–H and O–H groups in total. The summed E-state index contributed by atoms with van der Waals surface area (Å²) in [6.45, 7) is 4.77. The van der Waals surface area contributed by atoms with E-state index in [2.05, 4.69) is 6.92 Å². The van der Waals surface area contributed by atoms with Crippen LogP contribution in [-0.4, -0.2) is 51.4 Å². The molecule has 0 radical (unpaired) electrons. The van der Waals surface area contributed by atoms with Crippen molar-refractivity contribution in [3.8, 4) is 0 Å². The Bertz CT molecular complexity index is 823. The van der Waals surface area contributed by atoms with Gasteiger partial charge in [-0.05, 0) is 66.9 Å². The molecule has 4 aliphatic rings. The maximum Gasteiger partial charge on any atom is 0.303 e. The van der Waals surface area contributed by atoms with Gasteiger partial charge in [-0.1, -0.05) is 13.8 Å². The standard InChI is InChI=1S/C23H31ClO6/c1-12(25)30-11-19(28)23(29)7-5-15-14-9-17(24)16-8-13(26)4-6-21(16,2)20(14)18(27)10-22(15,23)3/h8,14-15,17-18,20,27,29H,4-7,9-11H2,1-3H3/t14?,15?,17-,18?,20?,21?,22?,23-/m0/s1. The Morgan fingerprint density at radius 2 is 2.00 bits per heavy atom. The fraction of sp³-hybridized carbons (Fsp3) is 0.783. The number of alkyl halides is 1. The van der Waals surface area contributed by atoms with Gasteiger partial charge in [0.05, 0.1) is 11.5 Å². The first-order valence-corrected chi connectivity index (χ1v) is 11.3. The Labute approximate surface area is 182 Å². The first-order chi connectivity index (χ1) is 13.9. The van der Waals surface area contributed by atoms with Crippen molar-refractivity contribution in [2.45, 2.75) is 76.4 Å². The number of ketones is 2. The first-order valence-electron chi connectivity index (χ1n) is 10.9. The van der Waals surface area contributed by atoms with Crippen LogP contribution in [0.25, 0.3) is 0 Å². The van der Waals surface area contributed by atoms with Crippen LogP contribution in [0.15, 0.2) is 11.6 Å². The Hall–Kier alpha value is -1.24. The van der Waals surface area contributed by atoms with Gasteiger partial charge < -0.3 is 14.9 Å². The minimum Gasteiger partial charge on any atom is -0.458 e. The molecule has 4 aliphatic carbocycles. The van der Waals surface area contributed by atoms with Crippen LogP contribution in [0.4, 0.5) is 0 Å². The van der Waals surface area contributed by atoms with Gasteiger partial charge in [-0.3, -0.25) is 14.4 Å². The summed E-state index contributed by atoms with van der Waals surface area (Å²) in [5, 5.41) is 22.5. The molecule has 30 heavy (non-hydrogen) atoms. The highest BCUT2D eigenvalue weighted by atomic mass is 35.5. The van der Waals surface area contributed by atoms with E-state index in [9.17, 15) is 24.6 Å². The van der Waals surface area contributed by atoms with Gasteiger partial charge in [-0.2, -0.15) is 0 Å². The number of aliphatic hydroxyl groups excluding tert-OH is 1. The van der Waals surface area contributed by atoms with Crippen molar-refractivity contribution in [3.05, 3.63) is 11.6 Å². The number of aliphatic hydroxyl groups is 2. The van der Waals surface area contributed by atoms with Gasteiger partial charge in [0, 0.05) is 18.8 Å². The van der Waals surface area contributed by atoms with Crippen LogP contribution in [0.1, 0.15) is 59.3 Å². The van der Waals surface area contributed by atoms with Gasteiger partial charge in [0.2, 0.25) is 5.78 Å². The molecule has 4 rings (SSSR count). The number of carbonyl (C=O) groups is 3. The largest absolute Gasteiger partial charge is 0.458 e. The number of ether oxygens (including phenoxy) is 1. The van der Waals surface area contributed by atoms with Crippen LogP contribution in [0, 0.1) is 28.6 Å². The smallest absolute Gasteiger partial charge is 0.303 e. The summed E-state index contributed by atoms with van der Waals surface area (Å²) in [6.07, 6.45) is 3.94. The fourth-order valence-corrected chi connectivity index (χ4v) is 7.96. The van der Waals surface area contributed by atoms with E-state index in [1.807, 2.05) is 6.92 Å². The van der Waals surface area contributed by atoms with Gasteiger partial charge in [0.1, 0.15) is 5.60 Å². The van der Waals surface area contributed by atoms with Crippen molar-refractivity contribution < 1.29 is 29.3 Å². The van der Waals surface area contributed by atoms with E-state index in [1.165, 1.54) is 6.92 Å². The van der Waals surface area contributed by atoms with Crippen LogP contribution in [0.3, 0.4) is 0 Å². The number of fused-ring (bicyclic) bond motifs is 5. The molecule has 8 atom stereocenters. The summed E-state index contributed by atoms with van der Waals surface area (Å²) >= 11 is 6.78. The maximum absolute atomic E-state index is 12.9. The molecular weight excluding hydrogens is 408 g/mol. The summed E-state index contributed by atoms with van der Waals surface area (Å²) in [6, 6.07) is 0. The summed E-state index contributed by atoms with van der Waals surface area (Å²) in [5.41, 5.74) is -1.88. The molecule has 0 saturated heterocycles. The minimum atomic E-state index is -1.64. The van der Waals surface area contributed by atoms with Crippen LogP contribution in [0.2, 0.25) is 0 Å². The molecule has 3 saturated carbocycles. The number of halogens is 1. The monoisotopic (exact) mass is 438 g/mol. The van der Waals surface area contributed by atoms with E-state index in [0.29, 0.717) is 32.1 Å². The van der Waals surface area contributed by atoms with Crippen molar-refractivity contribution in [2.75, 3.05) is 6.61 Å². The van der Waals surface area contributed by atoms with Crippen LogP contribution in [-0.2, 0) is 19.1 Å². The first kappa shape index (κ1) is 22.0. The molecule has 0 amide bonds. The molecule has 0 bridgehead atoms. The van der Waals surface area contributed by atoms with Crippen molar-refractivity contribution >= 4 is 29.1 Å². The number of Topliss-reactive ketones (excluding diaryl/α,β-unsaturated/α-hetero) is 1. The molecule has 0 aromatic rings. The quantitative estimate of drug-likeness (QED) is 0.518. The van der Waals surface area contributed by atoms with Crippen molar-refractivity contribution in [2.24, 2.45) is 28.6 Å². The molecule has 166 valence electrons. The maximum atomic E-state index is 12.9. The van der Waals surface area contributed by atoms with E-state index < -0.39 is 35.5 Å². The fourth-order valence-electron chi connectivity index (χ4n) is 7.44. The Morgan fingerprint density at radius 1 is 1.30 bits per heavy atom. The average Bonchev–Trinajstić information content (AvgIpc) is 2.93. The zero-order valence-corrected chi connectivity index (χ0v) is 18.6. The molecule has 6 unspecified atom stereocenters. The van der Waals surface area contributed by atoms with E-state index in [4.69, 9.17) is 16.3 Å². The molecular formula is C23H31ClO6. The highest BCUT2D eigenvalue weighted by Gasteiger charge is 2.69. The molecule has 0 aromatic heterocycles. The van der Waals surface area contributed by atoms with Gasteiger partial charge in [0.25, 0.3) is 0 Å². The van der Waals surface area contributed by atoms with E-state index in [0.717, 1.165) is 5.57 Å². The van der Waals surface area contributed by atoms with Gasteiger partial charge in [0.15, 0.2) is 12.4 Å². The van der Waals surface area contributed by atoms with Crippen molar-refractivity contribution in [1.82, 2.24) is 0 Å². The second kappa shape index (κ2) is 7.14. The third-order valence-electron chi connectivity index (χ3n) is 8.89. The molecule has 0 aliphatic heterocycles. The van der Waals surface area contributed by atoms with Crippen LogP contribution in [0.5, 0.6) is 0 Å². The highest BCUT2D eigenvalue weighted by molar-refractivity contribution is 6.23. The molecule has 0 heterocycles. The number of hydrogen-bond acceptors (Lipinski definition) is 6. The lowest BCUT2D eigenvalue weighted by atomic mass is 9.45. The zero-order valence-electron chi connectivity index (χ0n) is 17.8. The molecule has 3 fully saturated rings. The number of hydrogen-bond donors (Lipinski definition) is 2. The van der Waals surface area contributed by atoms with Crippen molar-refractivity contribution in [1.29, 1.82) is 0 Å². The van der Waals surface area contributed by atoms with E-state index >= 15 is 0 Å². The van der Waals surface area contributed by atoms with Gasteiger partial charge in [-0.15, -0.1) is 11.6 Å². The third kappa shape index (κ3) is 2.94. The second-order valence-electron chi connectivity index (χ2n) is 10.3. The predicted octanol–water partition coefficient (Wildman–Crippen LogP) is 2.57. The lowest BCUT2D eigenvalue weighted by Gasteiger charge is -2.61. The predicted molar refractivity (Wildman–Crippen MR) is 110 cm³/mol. The minimum absolute atomic E-state index is 0.0226.